The molecule has 20 heavy (non-hydrogen) atoms. The van der Waals surface area contributed by atoms with Crippen LogP contribution in [0.3, 0.4) is 0 Å². The molecule has 0 saturated heterocycles. The lowest BCUT2D eigenvalue weighted by atomic mass is 9.90. The van der Waals surface area contributed by atoms with Crippen molar-refractivity contribution in [2.75, 3.05) is 12.3 Å². The monoisotopic (exact) mass is 301 g/mol. The van der Waals surface area contributed by atoms with E-state index in [9.17, 15) is 9.90 Å². The van der Waals surface area contributed by atoms with Crippen LogP contribution in [-0.4, -0.2) is 49.1 Å². The molecule has 0 aromatic carbocycles. The van der Waals surface area contributed by atoms with Gasteiger partial charge in [0.1, 0.15) is 5.54 Å². The van der Waals surface area contributed by atoms with E-state index in [1.54, 1.807) is 23.5 Å². The van der Waals surface area contributed by atoms with Gasteiger partial charge in [0.05, 0.1) is 0 Å². The van der Waals surface area contributed by atoms with Gasteiger partial charge < -0.3 is 10.4 Å². The second-order valence-electron chi connectivity index (χ2n) is 4.70. The Labute approximate surface area is 123 Å². The topological polar surface area (TPSA) is 92.9 Å². The molecule has 1 unspecified atom stereocenters. The molecule has 0 fully saturated rings. The third-order valence-electron chi connectivity index (χ3n) is 3.29. The number of thioether (sulfide) groups is 1. The molecule has 1 rings (SSSR count). The van der Waals surface area contributed by atoms with Crippen LogP contribution in [0, 0.1) is 0 Å². The standard InChI is InChI=1S/C12H23N5O2S/c1-4-8-13-12(5-2,10(18)19)7-6-9-20-11-14-15-16-17(11)3/h13H,4-9H2,1-3H3,(H,18,19). The molecule has 0 bridgehead atoms. The van der Waals surface area contributed by atoms with Crippen LogP contribution in [0.4, 0.5) is 0 Å². The van der Waals surface area contributed by atoms with Gasteiger partial charge in [-0.25, -0.2) is 4.68 Å². The molecule has 1 atom stereocenters. The summed E-state index contributed by atoms with van der Waals surface area (Å²) in [4.78, 5) is 11.5. The van der Waals surface area contributed by atoms with Gasteiger partial charge in [0.25, 0.3) is 0 Å². The van der Waals surface area contributed by atoms with Crippen LogP contribution >= 0.6 is 11.8 Å². The van der Waals surface area contributed by atoms with Crippen LogP contribution in [-0.2, 0) is 11.8 Å². The molecule has 114 valence electrons. The first kappa shape index (κ1) is 16.9. The molecule has 0 aliphatic heterocycles. The summed E-state index contributed by atoms with van der Waals surface area (Å²) in [6.07, 6.45) is 2.92. The zero-order chi connectivity index (χ0) is 15.0. The summed E-state index contributed by atoms with van der Waals surface area (Å²) in [5, 5.41) is 24.6. The third-order valence-corrected chi connectivity index (χ3v) is 4.38. The van der Waals surface area contributed by atoms with E-state index in [1.807, 2.05) is 13.8 Å². The van der Waals surface area contributed by atoms with Crippen molar-refractivity contribution in [3.05, 3.63) is 0 Å². The number of aryl methyl sites for hydroxylation is 1. The van der Waals surface area contributed by atoms with E-state index in [-0.39, 0.29) is 0 Å². The normalized spacial score (nSPS) is 14.2. The number of hydrogen-bond acceptors (Lipinski definition) is 6. The zero-order valence-corrected chi connectivity index (χ0v) is 13.1. The Balaban J connectivity index is 2.46. The van der Waals surface area contributed by atoms with Gasteiger partial charge in [-0.3, -0.25) is 4.79 Å². The van der Waals surface area contributed by atoms with Crippen molar-refractivity contribution in [3.63, 3.8) is 0 Å². The summed E-state index contributed by atoms with van der Waals surface area (Å²) in [5.41, 5.74) is -0.811. The summed E-state index contributed by atoms with van der Waals surface area (Å²) in [5.74, 6) is 0.0376. The second kappa shape index (κ2) is 8.21. The molecule has 0 amide bonds. The highest BCUT2D eigenvalue weighted by molar-refractivity contribution is 7.99. The Morgan fingerprint density at radius 2 is 2.25 bits per heavy atom. The number of nitrogens with zero attached hydrogens (tertiary/aromatic N) is 4. The van der Waals surface area contributed by atoms with E-state index in [0.717, 1.165) is 30.3 Å². The van der Waals surface area contributed by atoms with E-state index in [0.29, 0.717) is 12.8 Å². The van der Waals surface area contributed by atoms with Crippen molar-refractivity contribution in [1.29, 1.82) is 0 Å². The van der Waals surface area contributed by atoms with E-state index in [1.165, 1.54) is 0 Å². The number of aromatic nitrogens is 4. The zero-order valence-electron chi connectivity index (χ0n) is 12.3. The van der Waals surface area contributed by atoms with Crippen molar-refractivity contribution in [1.82, 2.24) is 25.5 Å². The number of carboxylic acids is 1. The average molecular weight is 301 g/mol. The van der Waals surface area contributed by atoms with E-state index >= 15 is 0 Å². The maximum Gasteiger partial charge on any atom is 0.323 e. The lowest BCUT2D eigenvalue weighted by Crippen LogP contribution is -2.52. The number of rotatable bonds is 10. The molecule has 0 radical (unpaired) electrons. The molecule has 1 heterocycles. The molecule has 1 aromatic heterocycles. The number of aliphatic carboxylic acids is 1. The summed E-state index contributed by atoms with van der Waals surface area (Å²) < 4.78 is 1.62. The number of tetrazole rings is 1. The second-order valence-corrected chi connectivity index (χ2v) is 5.77. The lowest BCUT2D eigenvalue weighted by Gasteiger charge is -2.29. The third kappa shape index (κ3) is 4.45. The van der Waals surface area contributed by atoms with Crippen LogP contribution in [0.1, 0.15) is 39.5 Å². The van der Waals surface area contributed by atoms with E-state index in [4.69, 9.17) is 0 Å². The van der Waals surface area contributed by atoms with Crippen LogP contribution in [0.25, 0.3) is 0 Å². The highest BCUT2D eigenvalue weighted by Crippen LogP contribution is 2.22. The largest absolute Gasteiger partial charge is 0.480 e. The molecule has 7 nitrogen and oxygen atoms in total. The average Bonchev–Trinajstić information content (AvgIpc) is 2.83. The van der Waals surface area contributed by atoms with Gasteiger partial charge in [0, 0.05) is 12.8 Å². The molecule has 0 saturated carbocycles. The van der Waals surface area contributed by atoms with Gasteiger partial charge in [0.2, 0.25) is 5.16 Å². The van der Waals surface area contributed by atoms with Gasteiger partial charge in [-0.15, -0.1) is 5.10 Å². The number of carboxylic acid groups (broad SMARTS) is 1. The Morgan fingerprint density at radius 3 is 2.75 bits per heavy atom. The van der Waals surface area contributed by atoms with Crippen molar-refractivity contribution in [2.24, 2.45) is 7.05 Å². The van der Waals surface area contributed by atoms with Gasteiger partial charge in [-0.2, -0.15) is 0 Å². The van der Waals surface area contributed by atoms with E-state index in [2.05, 4.69) is 20.8 Å². The minimum absolute atomic E-state index is 0.582. The highest BCUT2D eigenvalue weighted by atomic mass is 32.2. The fourth-order valence-electron chi connectivity index (χ4n) is 1.97. The molecule has 2 N–H and O–H groups in total. The molecule has 0 aliphatic carbocycles. The van der Waals surface area contributed by atoms with Gasteiger partial charge in [-0.1, -0.05) is 25.6 Å². The van der Waals surface area contributed by atoms with Crippen molar-refractivity contribution in [2.45, 2.75) is 50.2 Å². The van der Waals surface area contributed by atoms with Gasteiger partial charge in [0.15, 0.2) is 0 Å². The first-order chi connectivity index (χ1) is 9.55. The summed E-state index contributed by atoms with van der Waals surface area (Å²) in [6.45, 7) is 4.67. The smallest absolute Gasteiger partial charge is 0.323 e. The van der Waals surface area contributed by atoms with Gasteiger partial charge >= 0.3 is 5.97 Å². The molecule has 0 spiro atoms. The van der Waals surface area contributed by atoms with Crippen LogP contribution < -0.4 is 5.32 Å². The fourth-order valence-corrected chi connectivity index (χ4v) is 2.76. The lowest BCUT2D eigenvalue weighted by molar-refractivity contribution is -0.145. The van der Waals surface area contributed by atoms with Crippen LogP contribution in [0.5, 0.6) is 0 Å². The Bertz CT molecular complexity index is 426. The minimum Gasteiger partial charge on any atom is -0.480 e. The fraction of sp³-hybridized carbons (Fsp3) is 0.833. The Morgan fingerprint density at radius 1 is 1.50 bits per heavy atom. The molecule has 1 aromatic rings. The maximum absolute atomic E-state index is 11.5. The van der Waals surface area contributed by atoms with Crippen molar-refractivity contribution >= 4 is 17.7 Å². The van der Waals surface area contributed by atoms with Crippen LogP contribution in [0.15, 0.2) is 5.16 Å². The molecular formula is C12H23N5O2S. The number of carbonyl (C=O) groups is 1. The first-order valence-electron chi connectivity index (χ1n) is 6.89. The van der Waals surface area contributed by atoms with Crippen molar-refractivity contribution in [3.8, 4) is 0 Å². The predicted octanol–water partition coefficient (Wildman–Crippen LogP) is 1.32. The summed E-state index contributed by atoms with van der Waals surface area (Å²) >= 11 is 1.55. The minimum atomic E-state index is -0.811. The van der Waals surface area contributed by atoms with E-state index < -0.39 is 11.5 Å². The van der Waals surface area contributed by atoms with Gasteiger partial charge in [-0.05, 0) is 42.7 Å². The highest BCUT2D eigenvalue weighted by Gasteiger charge is 2.35. The maximum atomic E-state index is 11.5. The van der Waals surface area contributed by atoms with Crippen LogP contribution in [0.2, 0.25) is 0 Å². The number of nitrogens with one attached hydrogen (secondary N) is 1. The number of hydrogen-bond donors (Lipinski definition) is 2. The molecular weight excluding hydrogens is 278 g/mol. The quantitative estimate of drug-likeness (QED) is 0.497. The molecule has 0 aliphatic rings. The molecule has 8 heteroatoms. The Kier molecular flexibility index (Phi) is 6.94. The predicted molar refractivity (Wildman–Crippen MR) is 77.7 cm³/mol. The Hall–Kier alpha value is -1.15. The SMILES string of the molecule is CCCNC(CC)(CCCSc1nnnn1C)C(=O)O. The summed E-state index contributed by atoms with van der Waals surface area (Å²) in [7, 11) is 1.79. The van der Waals surface area contributed by atoms with Crippen molar-refractivity contribution < 1.29 is 9.90 Å². The first-order valence-corrected chi connectivity index (χ1v) is 7.88. The summed E-state index contributed by atoms with van der Waals surface area (Å²) in [6, 6.07) is 0.